The van der Waals surface area contributed by atoms with Gasteiger partial charge in [0.25, 0.3) is 5.91 Å². The SMILES string of the molecule is CCC1=NC2(CCBr)NC(=O)NC(=O)C2=N1. The van der Waals surface area contributed by atoms with Crippen LogP contribution in [0.5, 0.6) is 0 Å². The lowest BCUT2D eigenvalue weighted by atomic mass is 9.99. The summed E-state index contributed by atoms with van der Waals surface area (Å²) in [6.45, 7) is 1.90. The van der Waals surface area contributed by atoms with E-state index in [1.165, 1.54) is 0 Å². The predicted molar refractivity (Wildman–Crippen MR) is 63.0 cm³/mol. The Morgan fingerprint density at radius 1 is 1.44 bits per heavy atom. The number of rotatable bonds is 3. The summed E-state index contributed by atoms with van der Waals surface area (Å²) in [5, 5.41) is 5.46. The highest BCUT2D eigenvalue weighted by molar-refractivity contribution is 9.09. The third kappa shape index (κ3) is 1.64. The topological polar surface area (TPSA) is 82.9 Å². The number of alkyl halides is 1. The first-order valence-corrected chi connectivity index (χ1v) is 6.11. The van der Waals surface area contributed by atoms with Gasteiger partial charge in [-0.2, -0.15) is 0 Å². The van der Waals surface area contributed by atoms with Crippen LogP contribution in [-0.2, 0) is 4.79 Å². The monoisotopic (exact) mass is 286 g/mol. The molecule has 0 aliphatic carbocycles. The molecule has 0 radical (unpaired) electrons. The van der Waals surface area contributed by atoms with Crippen LogP contribution in [0.1, 0.15) is 19.8 Å². The molecule has 1 saturated heterocycles. The fourth-order valence-electron chi connectivity index (χ4n) is 1.76. The van der Waals surface area contributed by atoms with Gasteiger partial charge in [-0.1, -0.05) is 22.9 Å². The number of carbonyl (C=O) groups is 2. The van der Waals surface area contributed by atoms with Crippen molar-refractivity contribution in [1.29, 1.82) is 0 Å². The first-order valence-electron chi connectivity index (χ1n) is 4.98. The molecule has 86 valence electrons. The lowest BCUT2D eigenvalue weighted by molar-refractivity contribution is -0.114. The van der Waals surface area contributed by atoms with Crippen molar-refractivity contribution in [2.24, 2.45) is 9.98 Å². The molecular formula is C9H11BrN4O2. The molecule has 2 rings (SSSR count). The standard InChI is InChI=1S/C9H11BrN4O2/c1-2-5-11-6-7(15)12-8(16)14-9(6,13-5)3-4-10/h2-4H2,1H3,(H2,12,14,15,16). The van der Waals surface area contributed by atoms with E-state index in [0.29, 0.717) is 24.0 Å². The minimum atomic E-state index is -0.964. The van der Waals surface area contributed by atoms with E-state index in [1.807, 2.05) is 6.92 Å². The summed E-state index contributed by atoms with van der Waals surface area (Å²) in [5.74, 6) is 0.130. The fourth-order valence-corrected chi connectivity index (χ4v) is 2.33. The second-order valence-corrected chi connectivity index (χ2v) is 4.34. The van der Waals surface area contributed by atoms with Crippen LogP contribution in [0, 0.1) is 0 Å². The molecule has 0 spiro atoms. The Kier molecular flexibility index (Phi) is 2.79. The van der Waals surface area contributed by atoms with Gasteiger partial charge >= 0.3 is 6.03 Å². The Labute approximate surface area is 101 Å². The summed E-state index contributed by atoms with van der Waals surface area (Å²) in [5.41, 5.74) is -0.683. The lowest BCUT2D eigenvalue weighted by Crippen LogP contribution is -2.65. The maximum atomic E-state index is 11.6. The van der Waals surface area contributed by atoms with Crippen LogP contribution in [0.2, 0.25) is 0 Å². The van der Waals surface area contributed by atoms with Gasteiger partial charge in [0.05, 0.1) is 0 Å². The number of imide groups is 1. The second-order valence-electron chi connectivity index (χ2n) is 3.55. The zero-order valence-corrected chi connectivity index (χ0v) is 10.3. The van der Waals surface area contributed by atoms with E-state index in [-0.39, 0.29) is 5.71 Å². The van der Waals surface area contributed by atoms with Crippen LogP contribution in [0.15, 0.2) is 9.98 Å². The van der Waals surface area contributed by atoms with Gasteiger partial charge < -0.3 is 5.32 Å². The van der Waals surface area contributed by atoms with Crippen LogP contribution < -0.4 is 10.6 Å². The Morgan fingerprint density at radius 3 is 2.81 bits per heavy atom. The normalized spacial score (nSPS) is 27.9. The van der Waals surface area contributed by atoms with E-state index in [4.69, 9.17) is 0 Å². The first-order chi connectivity index (χ1) is 7.61. The van der Waals surface area contributed by atoms with Gasteiger partial charge in [-0.25, -0.2) is 14.8 Å². The fraction of sp³-hybridized carbons (Fsp3) is 0.556. The number of amidine groups is 1. The molecule has 2 aliphatic rings. The molecule has 0 aromatic rings. The summed E-state index contributed by atoms with van der Waals surface area (Å²) in [6.07, 6.45) is 1.14. The van der Waals surface area contributed by atoms with Gasteiger partial charge in [-0.05, 0) is 0 Å². The molecule has 1 unspecified atom stereocenters. The molecule has 0 aromatic heterocycles. The molecule has 0 bridgehead atoms. The van der Waals surface area contributed by atoms with Crippen LogP contribution in [0.4, 0.5) is 4.79 Å². The minimum Gasteiger partial charge on any atom is -0.308 e. The second kappa shape index (κ2) is 3.97. The highest BCUT2D eigenvalue weighted by atomic mass is 79.9. The molecule has 16 heavy (non-hydrogen) atoms. The van der Waals surface area contributed by atoms with E-state index >= 15 is 0 Å². The number of nitrogens with zero attached hydrogens (tertiary/aromatic N) is 2. The van der Waals surface area contributed by atoms with Gasteiger partial charge in [0.15, 0.2) is 11.4 Å². The van der Waals surface area contributed by atoms with E-state index in [0.717, 1.165) is 0 Å². The lowest BCUT2D eigenvalue weighted by Gasteiger charge is -2.31. The molecule has 1 atom stereocenters. The Balaban J connectivity index is 2.42. The van der Waals surface area contributed by atoms with Crippen molar-refractivity contribution in [3.63, 3.8) is 0 Å². The van der Waals surface area contributed by atoms with Crippen molar-refractivity contribution < 1.29 is 9.59 Å². The highest BCUT2D eigenvalue weighted by Crippen LogP contribution is 2.25. The molecule has 1 fully saturated rings. The third-order valence-electron chi connectivity index (χ3n) is 2.49. The highest BCUT2D eigenvalue weighted by Gasteiger charge is 2.48. The van der Waals surface area contributed by atoms with Gasteiger partial charge in [-0.3, -0.25) is 10.1 Å². The number of halogens is 1. The maximum absolute atomic E-state index is 11.6. The summed E-state index contributed by atoms with van der Waals surface area (Å²) < 4.78 is 0. The predicted octanol–water partition coefficient (Wildman–Crippen LogP) is 0.570. The minimum absolute atomic E-state index is 0.281. The number of aliphatic imine (C=N–C) groups is 2. The van der Waals surface area contributed by atoms with Crippen molar-refractivity contribution in [1.82, 2.24) is 10.6 Å². The molecule has 0 aromatic carbocycles. The molecule has 0 saturated carbocycles. The van der Waals surface area contributed by atoms with Crippen LogP contribution in [0.25, 0.3) is 0 Å². The van der Waals surface area contributed by atoms with Crippen LogP contribution in [0.3, 0.4) is 0 Å². The summed E-state index contributed by atoms with van der Waals surface area (Å²) >= 11 is 3.29. The van der Waals surface area contributed by atoms with Crippen LogP contribution >= 0.6 is 15.9 Å². The van der Waals surface area contributed by atoms with Crippen molar-refractivity contribution in [3.05, 3.63) is 0 Å². The summed E-state index contributed by atoms with van der Waals surface area (Å²) in [7, 11) is 0. The first kappa shape index (κ1) is 11.3. The molecule has 3 amide bonds. The zero-order chi connectivity index (χ0) is 11.8. The molecule has 2 heterocycles. The number of nitrogens with one attached hydrogen (secondary N) is 2. The van der Waals surface area contributed by atoms with E-state index in [9.17, 15) is 9.59 Å². The quantitative estimate of drug-likeness (QED) is 0.744. The summed E-state index contributed by atoms with van der Waals surface area (Å²) in [4.78, 5) is 31.4. The third-order valence-corrected chi connectivity index (χ3v) is 2.88. The molecular weight excluding hydrogens is 276 g/mol. The Hall–Kier alpha value is -1.24. The summed E-state index contributed by atoms with van der Waals surface area (Å²) in [6, 6.07) is -0.522. The molecule has 2 aliphatic heterocycles. The van der Waals surface area contributed by atoms with E-state index in [1.54, 1.807) is 0 Å². The molecule has 6 nitrogen and oxygen atoms in total. The molecule has 7 heteroatoms. The van der Waals surface area contributed by atoms with Gasteiger partial charge in [-0.15, -0.1) is 0 Å². The van der Waals surface area contributed by atoms with E-state index in [2.05, 4.69) is 36.5 Å². The maximum Gasteiger partial charge on any atom is 0.323 e. The van der Waals surface area contributed by atoms with Crippen LogP contribution in [-0.4, -0.2) is 34.5 Å². The number of amides is 3. The average Bonchev–Trinajstić information content (AvgIpc) is 2.57. The Bertz CT molecular complexity index is 418. The zero-order valence-electron chi connectivity index (χ0n) is 8.71. The number of fused-ring (bicyclic) bond motifs is 1. The Morgan fingerprint density at radius 2 is 2.19 bits per heavy atom. The van der Waals surface area contributed by atoms with Gasteiger partial charge in [0.2, 0.25) is 0 Å². The van der Waals surface area contributed by atoms with Gasteiger partial charge in [0.1, 0.15) is 5.84 Å². The number of urea groups is 1. The van der Waals surface area contributed by atoms with Crippen molar-refractivity contribution in [2.45, 2.75) is 25.4 Å². The van der Waals surface area contributed by atoms with E-state index < -0.39 is 17.6 Å². The smallest absolute Gasteiger partial charge is 0.308 e. The number of hydrogen-bond acceptors (Lipinski definition) is 4. The van der Waals surface area contributed by atoms with Crippen molar-refractivity contribution in [3.8, 4) is 0 Å². The molecule has 2 N–H and O–H groups in total. The van der Waals surface area contributed by atoms with Crippen molar-refractivity contribution in [2.75, 3.05) is 5.33 Å². The number of hydrogen-bond donors (Lipinski definition) is 2. The van der Waals surface area contributed by atoms with Gasteiger partial charge in [0, 0.05) is 18.2 Å². The van der Waals surface area contributed by atoms with Crippen molar-refractivity contribution >= 4 is 39.4 Å². The average molecular weight is 287 g/mol. The number of carbonyl (C=O) groups excluding carboxylic acids is 2. The largest absolute Gasteiger partial charge is 0.323 e.